The van der Waals surface area contributed by atoms with E-state index in [1.54, 1.807) is 0 Å². The molecule has 5 aliphatic rings. The van der Waals surface area contributed by atoms with E-state index >= 15 is 0 Å². The van der Waals surface area contributed by atoms with Gasteiger partial charge in [0.2, 0.25) is 5.91 Å². The van der Waals surface area contributed by atoms with Gasteiger partial charge in [-0.2, -0.15) is 0 Å². The van der Waals surface area contributed by atoms with Gasteiger partial charge in [-0.05, 0) is 92.0 Å². The van der Waals surface area contributed by atoms with Crippen molar-refractivity contribution in [2.45, 2.75) is 57.4 Å². The third-order valence-electron chi connectivity index (χ3n) is 8.22. The van der Waals surface area contributed by atoms with Crippen LogP contribution in [0.4, 0.5) is 0 Å². The molecule has 4 nitrogen and oxygen atoms in total. The molecule has 1 aliphatic heterocycles. The van der Waals surface area contributed by atoms with Gasteiger partial charge in [0.25, 0.3) is 0 Å². The van der Waals surface area contributed by atoms with Gasteiger partial charge in [-0.25, -0.2) is 4.79 Å². The van der Waals surface area contributed by atoms with Crippen molar-refractivity contribution in [1.82, 2.24) is 4.90 Å². The summed E-state index contributed by atoms with van der Waals surface area (Å²) in [5, 5.41) is 2.17. The van der Waals surface area contributed by atoms with Crippen molar-refractivity contribution in [1.29, 1.82) is 0 Å². The van der Waals surface area contributed by atoms with Crippen molar-refractivity contribution in [2.24, 2.45) is 23.2 Å². The molecule has 1 amide bonds. The number of rotatable bonds is 3. The number of likely N-dealkylation sites (tertiary alicyclic amines) is 1. The molecule has 2 aromatic rings. The first kappa shape index (κ1) is 18.4. The molecule has 0 spiro atoms. The first-order valence-electron chi connectivity index (χ1n) is 11.6. The highest BCUT2D eigenvalue weighted by molar-refractivity contribution is 5.90. The zero-order chi connectivity index (χ0) is 20.3. The molecule has 0 N–H and O–H groups in total. The van der Waals surface area contributed by atoms with Crippen LogP contribution in [0.3, 0.4) is 0 Å². The number of esters is 1. The van der Waals surface area contributed by atoms with Crippen LogP contribution in [0.2, 0.25) is 0 Å². The molecular weight excluding hydrogens is 374 g/mol. The fourth-order valence-electron chi connectivity index (χ4n) is 7.35. The second kappa shape index (κ2) is 6.83. The molecule has 1 atom stereocenters. The normalized spacial score (nSPS) is 34.5. The maximum Gasteiger partial charge on any atom is 0.334 e. The highest BCUT2D eigenvalue weighted by atomic mass is 16.5. The topological polar surface area (TPSA) is 46.6 Å². The lowest BCUT2D eigenvalue weighted by Crippen LogP contribution is -2.56. The molecule has 7 rings (SSSR count). The average molecular weight is 404 g/mol. The number of hydrogen-bond donors (Lipinski definition) is 0. The molecule has 4 heteroatoms. The van der Waals surface area contributed by atoms with Gasteiger partial charge < -0.3 is 9.64 Å². The Balaban J connectivity index is 1.21. The number of ether oxygens (including phenoxy) is 1. The number of fused-ring (bicyclic) bond motifs is 1. The van der Waals surface area contributed by atoms with Crippen LogP contribution in [0.5, 0.6) is 5.75 Å². The summed E-state index contributed by atoms with van der Waals surface area (Å²) in [5.41, 5.74) is -0.194. The molecule has 30 heavy (non-hydrogen) atoms. The van der Waals surface area contributed by atoms with Crippen LogP contribution in [-0.4, -0.2) is 29.4 Å². The Morgan fingerprint density at radius 2 is 1.57 bits per heavy atom. The second-order valence-electron chi connectivity index (χ2n) is 10.3. The minimum Gasteiger partial charge on any atom is -0.425 e. The minimum absolute atomic E-state index is 0.194. The Morgan fingerprint density at radius 3 is 2.27 bits per heavy atom. The van der Waals surface area contributed by atoms with E-state index in [4.69, 9.17) is 4.74 Å². The number of benzene rings is 2. The van der Waals surface area contributed by atoms with E-state index < -0.39 is 6.04 Å². The first-order valence-corrected chi connectivity index (χ1v) is 11.6. The molecular formula is C26H29NO3. The number of amides is 1. The van der Waals surface area contributed by atoms with Gasteiger partial charge in [0.1, 0.15) is 11.8 Å². The number of carbonyl (C=O) groups excluding carboxylic acids is 2. The highest BCUT2D eigenvalue weighted by Crippen LogP contribution is 2.60. The Labute approximate surface area is 177 Å². The van der Waals surface area contributed by atoms with Gasteiger partial charge in [0, 0.05) is 6.54 Å². The standard InChI is InChI=1S/C26H29NO3/c28-24(30-22-8-7-20-4-1-2-5-21(20)13-22)23-6-3-9-27(23)25(29)26-14-17-10-18(15-26)12-19(11-17)16-26/h1-2,4-5,7-8,13,17-19,23H,3,6,9-12,14-16H2. The van der Waals surface area contributed by atoms with Crippen LogP contribution in [0.25, 0.3) is 10.8 Å². The molecule has 2 aromatic carbocycles. The smallest absolute Gasteiger partial charge is 0.334 e. The third kappa shape index (κ3) is 2.95. The lowest BCUT2D eigenvalue weighted by molar-refractivity contribution is -0.162. The predicted octanol–water partition coefficient (Wildman–Crippen LogP) is 4.95. The Kier molecular flexibility index (Phi) is 4.19. The molecule has 1 heterocycles. The fourth-order valence-corrected chi connectivity index (χ4v) is 7.35. The summed E-state index contributed by atoms with van der Waals surface area (Å²) in [6.07, 6.45) is 8.68. The summed E-state index contributed by atoms with van der Waals surface area (Å²) < 4.78 is 5.77. The zero-order valence-electron chi connectivity index (χ0n) is 17.4. The molecule has 1 saturated heterocycles. The molecule has 1 unspecified atom stereocenters. The van der Waals surface area contributed by atoms with Crippen LogP contribution >= 0.6 is 0 Å². The van der Waals surface area contributed by atoms with Crippen molar-refractivity contribution < 1.29 is 14.3 Å². The van der Waals surface area contributed by atoms with E-state index in [9.17, 15) is 9.59 Å². The van der Waals surface area contributed by atoms with E-state index in [-0.39, 0.29) is 17.3 Å². The zero-order valence-corrected chi connectivity index (χ0v) is 17.4. The van der Waals surface area contributed by atoms with E-state index in [2.05, 4.69) is 0 Å². The Hall–Kier alpha value is -2.36. The van der Waals surface area contributed by atoms with Crippen molar-refractivity contribution in [3.8, 4) is 5.75 Å². The van der Waals surface area contributed by atoms with Crippen molar-refractivity contribution >= 4 is 22.6 Å². The predicted molar refractivity (Wildman–Crippen MR) is 115 cm³/mol. The lowest BCUT2D eigenvalue weighted by atomic mass is 9.49. The van der Waals surface area contributed by atoms with Gasteiger partial charge in [-0.15, -0.1) is 0 Å². The lowest BCUT2D eigenvalue weighted by Gasteiger charge is -2.56. The van der Waals surface area contributed by atoms with Crippen molar-refractivity contribution in [2.75, 3.05) is 6.54 Å². The monoisotopic (exact) mass is 403 g/mol. The third-order valence-corrected chi connectivity index (χ3v) is 8.22. The molecule has 4 saturated carbocycles. The van der Waals surface area contributed by atoms with Gasteiger partial charge in [-0.1, -0.05) is 30.3 Å². The van der Waals surface area contributed by atoms with E-state index in [0.29, 0.717) is 18.7 Å². The summed E-state index contributed by atoms with van der Waals surface area (Å²) in [4.78, 5) is 28.7. The summed E-state index contributed by atoms with van der Waals surface area (Å²) in [7, 11) is 0. The highest BCUT2D eigenvalue weighted by Gasteiger charge is 2.57. The Bertz CT molecular complexity index is 977. The van der Waals surface area contributed by atoms with Crippen LogP contribution in [0.15, 0.2) is 42.5 Å². The van der Waals surface area contributed by atoms with E-state index in [1.165, 1.54) is 19.3 Å². The number of nitrogens with zero attached hydrogens (tertiary/aromatic N) is 1. The van der Waals surface area contributed by atoms with Crippen LogP contribution in [-0.2, 0) is 9.59 Å². The maximum atomic E-state index is 13.8. The minimum atomic E-state index is -0.433. The molecule has 156 valence electrons. The SMILES string of the molecule is O=C(Oc1ccc2ccccc2c1)C1CCCN1C(=O)C12CC3CC(CC(C3)C1)C2. The van der Waals surface area contributed by atoms with Gasteiger partial charge >= 0.3 is 5.97 Å². The first-order chi connectivity index (χ1) is 14.6. The largest absolute Gasteiger partial charge is 0.425 e. The van der Waals surface area contributed by atoms with Crippen molar-refractivity contribution in [3.63, 3.8) is 0 Å². The molecule has 4 bridgehead atoms. The van der Waals surface area contributed by atoms with Crippen LogP contribution in [0, 0.1) is 23.2 Å². The van der Waals surface area contributed by atoms with Crippen molar-refractivity contribution in [3.05, 3.63) is 42.5 Å². The van der Waals surface area contributed by atoms with Gasteiger partial charge in [0.05, 0.1) is 5.41 Å². The molecule has 5 fully saturated rings. The maximum absolute atomic E-state index is 13.8. The number of carbonyl (C=O) groups is 2. The summed E-state index contributed by atoms with van der Waals surface area (Å²) in [6.45, 7) is 0.693. The molecule has 0 radical (unpaired) electrons. The summed E-state index contributed by atoms with van der Waals surface area (Å²) in [5.74, 6) is 2.72. The fraction of sp³-hybridized carbons (Fsp3) is 0.538. The Morgan fingerprint density at radius 1 is 0.900 bits per heavy atom. The van der Waals surface area contributed by atoms with Crippen LogP contribution < -0.4 is 4.74 Å². The van der Waals surface area contributed by atoms with Gasteiger partial charge in [-0.3, -0.25) is 4.79 Å². The van der Waals surface area contributed by atoms with Gasteiger partial charge in [0.15, 0.2) is 0 Å². The average Bonchev–Trinajstić information content (AvgIpc) is 3.22. The quantitative estimate of drug-likeness (QED) is 0.538. The van der Waals surface area contributed by atoms with E-state index in [0.717, 1.165) is 54.2 Å². The summed E-state index contributed by atoms with van der Waals surface area (Å²) in [6, 6.07) is 13.3. The van der Waals surface area contributed by atoms with E-state index in [1.807, 2.05) is 47.4 Å². The second-order valence-corrected chi connectivity index (χ2v) is 10.3. The summed E-state index contributed by atoms with van der Waals surface area (Å²) >= 11 is 0. The van der Waals surface area contributed by atoms with Crippen LogP contribution in [0.1, 0.15) is 51.4 Å². The number of hydrogen-bond acceptors (Lipinski definition) is 3. The molecule has 0 aromatic heterocycles. The molecule has 4 aliphatic carbocycles.